The minimum Gasteiger partial charge on any atom is -0.371 e. The number of halogens is 1. The van der Waals surface area contributed by atoms with Gasteiger partial charge in [0, 0.05) is 38.1 Å². The molecule has 1 aromatic heterocycles. The normalized spacial score (nSPS) is 19.0. The van der Waals surface area contributed by atoms with Crippen molar-refractivity contribution in [3.63, 3.8) is 0 Å². The van der Waals surface area contributed by atoms with Gasteiger partial charge in [-0.05, 0) is 48.4 Å². The molecule has 2 aromatic rings. The third-order valence-electron chi connectivity index (χ3n) is 5.98. The summed E-state index contributed by atoms with van der Waals surface area (Å²) >= 11 is 0. The van der Waals surface area contributed by atoms with E-state index in [1.165, 1.54) is 18.0 Å². The zero-order valence-electron chi connectivity index (χ0n) is 17.3. The van der Waals surface area contributed by atoms with Crippen molar-refractivity contribution in [3.8, 4) is 0 Å². The second kappa shape index (κ2) is 7.61. The van der Waals surface area contributed by atoms with Crippen molar-refractivity contribution in [2.45, 2.75) is 33.6 Å². The van der Waals surface area contributed by atoms with Crippen molar-refractivity contribution in [1.29, 1.82) is 0 Å². The summed E-state index contributed by atoms with van der Waals surface area (Å²) in [5.74, 6) is 0.275. The Hall–Kier alpha value is -2.70. The Morgan fingerprint density at radius 2 is 1.90 bits per heavy atom. The first kappa shape index (κ1) is 19.6. The molecule has 2 aliphatic heterocycles. The van der Waals surface area contributed by atoms with Crippen LogP contribution in [0.1, 0.15) is 44.1 Å². The molecule has 0 unspecified atom stereocenters. The quantitative estimate of drug-likeness (QED) is 0.792. The van der Waals surface area contributed by atoms with Gasteiger partial charge in [-0.25, -0.2) is 4.98 Å². The van der Waals surface area contributed by atoms with Crippen molar-refractivity contribution in [1.82, 2.24) is 9.97 Å². The van der Waals surface area contributed by atoms with E-state index in [0.29, 0.717) is 11.3 Å². The first-order chi connectivity index (χ1) is 13.8. The van der Waals surface area contributed by atoms with Gasteiger partial charge in [-0.15, -0.1) is 0 Å². The molecule has 0 bridgehead atoms. The van der Waals surface area contributed by atoms with E-state index in [2.05, 4.69) is 51.9 Å². The number of rotatable bonds is 4. The molecule has 7 heteroatoms. The number of piperidine rings is 1. The molecular weight excluding hydrogens is 369 g/mol. The molecule has 0 atom stereocenters. The minimum atomic E-state index is -0.904. The van der Waals surface area contributed by atoms with Gasteiger partial charge in [0.2, 0.25) is 0 Å². The van der Waals surface area contributed by atoms with Crippen LogP contribution in [0.15, 0.2) is 30.5 Å². The van der Waals surface area contributed by atoms with Gasteiger partial charge in [0.15, 0.2) is 0 Å². The first-order valence-electron chi connectivity index (χ1n) is 10.2. The number of aromatic nitrogens is 2. The fraction of sp³-hybridized carbons (Fsp3) is 0.500. The summed E-state index contributed by atoms with van der Waals surface area (Å²) in [5, 5.41) is 2.93. The van der Waals surface area contributed by atoms with E-state index in [1.807, 2.05) is 12.1 Å². The number of amides is 1. The highest BCUT2D eigenvalue weighted by Gasteiger charge is 2.28. The van der Waals surface area contributed by atoms with E-state index < -0.39 is 12.0 Å². The van der Waals surface area contributed by atoms with E-state index in [9.17, 15) is 9.18 Å². The van der Waals surface area contributed by atoms with Gasteiger partial charge in [-0.3, -0.25) is 4.79 Å². The molecule has 2 aliphatic rings. The number of carbonyl (C=O) groups is 1. The van der Waals surface area contributed by atoms with Gasteiger partial charge in [0.1, 0.15) is 5.69 Å². The highest BCUT2D eigenvalue weighted by atomic mass is 19.1. The van der Waals surface area contributed by atoms with Crippen LogP contribution in [0.2, 0.25) is 0 Å². The topological polar surface area (TPSA) is 61.4 Å². The standard InChI is InChI=1S/C22H28FN5O/c1-15-13-28(14-15)16-4-5-17(25-20(29)18-6-9-24-21(23)26-18)19(12-16)27-10-7-22(2,3)8-11-27/h4-6,9,12,15H,7-8,10-11,13-14H2,1-3H3,(H,25,29). The van der Waals surface area contributed by atoms with Gasteiger partial charge in [0.05, 0.1) is 11.4 Å². The number of nitrogens with zero attached hydrogens (tertiary/aromatic N) is 4. The molecular formula is C22H28FN5O. The molecule has 0 spiro atoms. The minimum absolute atomic E-state index is 0.0175. The first-order valence-corrected chi connectivity index (χ1v) is 10.2. The molecule has 4 rings (SSSR count). The van der Waals surface area contributed by atoms with Crippen LogP contribution >= 0.6 is 0 Å². The van der Waals surface area contributed by atoms with Crippen LogP contribution < -0.4 is 15.1 Å². The number of benzene rings is 1. The molecule has 1 aromatic carbocycles. The Bertz CT molecular complexity index is 900. The molecule has 6 nitrogen and oxygen atoms in total. The molecule has 1 amide bonds. The largest absolute Gasteiger partial charge is 0.371 e. The molecule has 0 saturated carbocycles. The lowest BCUT2D eigenvalue weighted by atomic mass is 9.82. The van der Waals surface area contributed by atoms with Crippen molar-refractivity contribution < 1.29 is 9.18 Å². The van der Waals surface area contributed by atoms with Gasteiger partial charge < -0.3 is 15.1 Å². The Kier molecular flexibility index (Phi) is 5.15. The fourth-order valence-electron chi connectivity index (χ4n) is 3.99. The van der Waals surface area contributed by atoms with Crippen LogP contribution in [0.25, 0.3) is 0 Å². The Balaban J connectivity index is 1.60. The fourth-order valence-corrected chi connectivity index (χ4v) is 3.99. The van der Waals surface area contributed by atoms with E-state index in [1.54, 1.807) is 0 Å². The smallest absolute Gasteiger partial charge is 0.309 e. The van der Waals surface area contributed by atoms with Crippen LogP contribution in [-0.4, -0.2) is 42.1 Å². The summed E-state index contributed by atoms with van der Waals surface area (Å²) in [6.07, 6.45) is 2.54. The van der Waals surface area contributed by atoms with Gasteiger partial charge in [-0.2, -0.15) is 9.37 Å². The van der Waals surface area contributed by atoms with Gasteiger partial charge >= 0.3 is 6.08 Å². The Morgan fingerprint density at radius 1 is 1.17 bits per heavy atom. The molecule has 3 heterocycles. The van der Waals surface area contributed by atoms with E-state index in [4.69, 9.17) is 0 Å². The Morgan fingerprint density at radius 3 is 2.55 bits per heavy atom. The van der Waals surface area contributed by atoms with Crippen LogP contribution in [0.3, 0.4) is 0 Å². The van der Waals surface area contributed by atoms with Crippen LogP contribution in [-0.2, 0) is 0 Å². The van der Waals surface area contributed by atoms with Crippen molar-refractivity contribution >= 4 is 23.0 Å². The van der Waals surface area contributed by atoms with E-state index >= 15 is 0 Å². The second-order valence-corrected chi connectivity index (χ2v) is 9.03. The molecule has 0 aliphatic carbocycles. The van der Waals surface area contributed by atoms with Gasteiger partial charge in [-0.1, -0.05) is 20.8 Å². The summed E-state index contributed by atoms with van der Waals surface area (Å²) in [6.45, 7) is 10.8. The Labute approximate surface area is 171 Å². The zero-order valence-corrected chi connectivity index (χ0v) is 17.3. The average molecular weight is 397 g/mol. The summed E-state index contributed by atoms with van der Waals surface area (Å²) in [6, 6.07) is 7.57. The summed E-state index contributed by atoms with van der Waals surface area (Å²) in [4.78, 5) is 24.3. The number of hydrogen-bond donors (Lipinski definition) is 1. The molecule has 1 N–H and O–H groups in total. The molecule has 2 fully saturated rings. The molecule has 29 heavy (non-hydrogen) atoms. The lowest BCUT2D eigenvalue weighted by molar-refractivity contribution is 0.102. The van der Waals surface area contributed by atoms with Crippen LogP contribution in [0, 0.1) is 17.4 Å². The third kappa shape index (κ3) is 4.33. The third-order valence-corrected chi connectivity index (χ3v) is 5.98. The number of hydrogen-bond acceptors (Lipinski definition) is 5. The number of carbonyl (C=O) groups excluding carboxylic acids is 1. The van der Waals surface area contributed by atoms with Crippen molar-refractivity contribution in [3.05, 3.63) is 42.2 Å². The monoisotopic (exact) mass is 397 g/mol. The average Bonchev–Trinajstić information content (AvgIpc) is 2.66. The molecule has 2 saturated heterocycles. The van der Waals surface area contributed by atoms with Crippen molar-refractivity contribution in [2.75, 3.05) is 41.3 Å². The van der Waals surface area contributed by atoms with Crippen molar-refractivity contribution in [2.24, 2.45) is 11.3 Å². The van der Waals surface area contributed by atoms with E-state index in [-0.39, 0.29) is 5.69 Å². The maximum atomic E-state index is 13.3. The predicted molar refractivity (Wildman–Crippen MR) is 113 cm³/mol. The number of anilines is 3. The SMILES string of the molecule is CC1CN(c2ccc(NC(=O)c3ccnc(F)n3)c(N3CCC(C)(C)CC3)c2)C1. The van der Waals surface area contributed by atoms with Crippen LogP contribution in [0.4, 0.5) is 21.5 Å². The number of nitrogens with one attached hydrogen (secondary N) is 1. The predicted octanol–water partition coefficient (Wildman–Crippen LogP) is 3.95. The maximum absolute atomic E-state index is 13.3. The van der Waals surface area contributed by atoms with Gasteiger partial charge in [0.25, 0.3) is 5.91 Å². The zero-order chi connectivity index (χ0) is 20.6. The summed E-state index contributed by atoms with van der Waals surface area (Å²) < 4.78 is 13.3. The van der Waals surface area contributed by atoms with Crippen LogP contribution in [0.5, 0.6) is 0 Å². The molecule has 0 radical (unpaired) electrons. The maximum Gasteiger partial charge on any atom is 0.309 e. The summed E-state index contributed by atoms with van der Waals surface area (Å²) in [7, 11) is 0. The highest BCUT2D eigenvalue weighted by Crippen LogP contribution is 2.38. The lowest BCUT2D eigenvalue weighted by Crippen LogP contribution is -2.45. The lowest BCUT2D eigenvalue weighted by Gasteiger charge is -2.41. The van der Waals surface area contributed by atoms with E-state index in [0.717, 1.165) is 50.4 Å². The summed E-state index contributed by atoms with van der Waals surface area (Å²) in [5.41, 5.74) is 3.27. The highest BCUT2D eigenvalue weighted by molar-refractivity contribution is 6.04. The molecule has 154 valence electrons. The second-order valence-electron chi connectivity index (χ2n) is 9.03.